The highest BCUT2D eigenvalue weighted by molar-refractivity contribution is 7.13. The van der Waals surface area contributed by atoms with Crippen LogP contribution in [0.3, 0.4) is 0 Å². The van der Waals surface area contributed by atoms with E-state index in [9.17, 15) is 4.79 Å². The number of anilines is 2. The maximum atomic E-state index is 12.4. The van der Waals surface area contributed by atoms with Gasteiger partial charge in [-0.05, 0) is 26.8 Å². The van der Waals surface area contributed by atoms with E-state index in [2.05, 4.69) is 42.4 Å². The summed E-state index contributed by atoms with van der Waals surface area (Å²) in [6, 6.07) is 1.81. The number of nitrogens with one attached hydrogen (secondary N) is 1. The van der Waals surface area contributed by atoms with Gasteiger partial charge >= 0.3 is 0 Å². The van der Waals surface area contributed by atoms with E-state index in [0.29, 0.717) is 12.0 Å². The van der Waals surface area contributed by atoms with Crippen molar-refractivity contribution >= 4 is 28.3 Å². The molecule has 0 radical (unpaired) electrons. The minimum Gasteiger partial charge on any atom is -0.343 e. The zero-order valence-electron chi connectivity index (χ0n) is 14.1. The Kier molecular flexibility index (Phi) is 5.06. The third kappa shape index (κ3) is 3.70. The molecule has 0 bridgehead atoms. The summed E-state index contributed by atoms with van der Waals surface area (Å²) in [5, 5.41) is 5.91. The maximum Gasteiger partial charge on any atom is 0.243 e. The molecule has 8 heteroatoms. The van der Waals surface area contributed by atoms with Crippen molar-refractivity contribution in [3.63, 3.8) is 0 Å². The number of rotatable bonds is 4. The van der Waals surface area contributed by atoms with Gasteiger partial charge in [-0.15, -0.1) is 11.3 Å². The normalized spacial score (nSPS) is 20.0. The molecule has 7 nitrogen and oxygen atoms in total. The molecule has 2 aromatic rings. The van der Waals surface area contributed by atoms with Gasteiger partial charge in [0.2, 0.25) is 11.9 Å². The summed E-state index contributed by atoms with van der Waals surface area (Å²) in [6.07, 6.45) is 3.23. The standard InChI is InChI=1S/C16H22N6OS/c1-11-10-24-16(19-11)22-8-7-21(9-12(22)2)13(3)14(23)20-15-17-5-4-6-18-15/h4-6,10,12-13H,7-9H2,1-3H3,(H,17,18,20,23)/t12-,13+/m0/s1. The lowest BCUT2D eigenvalue weighted by atomic mass is 10.1. The first-order valence-electron chi connectivity index (χ1n) is 8.05. The summed E-state index contributed by atoms with van der Waals surface area (Å²) in [5.41, 5.74) is 1.06. The van der Waals surface area contributed by atoms with Gasteiger partial charge in [-0.1, -0.05) is 0 Å². The van der Waals surface area contributed by atoms with E-state index in [1.54, 1.807) is 29.8 Å². The summed E-state index contributed by atoms with van der Waals surface area (Å²) in [4.78, 5) is 29.6. The zero-order chi connectivity index (χ0) is 17.1. The van der Waals surface area contributed by atoms with E-state index < -0.39 is 0 Å². The first-order chi connectivity index (χ1) is 11.5. The molecule has 1 amide bonds. The average Bonchev–Trinajstić information content (AvgIpc) is 3.01. The highest BCUT2D eigenvalue weighted by Crippen LogP contribution is 2.25. The smallest absolute Gasteiger partial charge is 0.243 e. The maximum absolute atomic E-state index is 12.4. The Bertz CT molecular complexity index is 691. The molecule has 1 fully saturated rings. The van der Waals surface area contributed by atoms with Crippen molar-refractivity contribution < 1.29 is 4.79 Å². The zero-order valence-corrected chi connectivity index (χ0v) is 15.0. The van der Waals surface area contributed by atoms with Gasteiger partial charge in [-0.25, -0.2) is 15.0 Å². The van der Waals surface area contributed by atoms with Crippen LogP contribution < -0.4 is 10.2 Å². The lowest BCUT2D eigenvalue weighted by Gasteiger charge is -2.41. The fourth-order valence-corrected chi connectivity index (χ4v) is 3.77. The highest BCUT2D eigenvalue weighted by Gasteiger charge is 2.30. The van der Waals surface area contributed by atoms with Crippen LogP contribution in [-0.2, 0) is 4.79 Å². The average molecular weight is 346 g/mol. The van der Waals surface area contributed by atoms with Crippen LogP contribution >= 0.6 is 11.3 Å². The number of hydrogen-bond acceptors (Lipinski definition) is 7. The molecule has 0 aromatic carbocycles. The van der Waals surface area contributed by atoms with E-state index in [-0.39, 0.29) is 11.9 Å². The Morgan fingerprint density at radius 3 is 2.75 bits per heavy atom. The number of amides is 1. The van der Waals surface area contributed by atoms with Gasteiger partial charge < -0.3 is 4.90 Å². The predicted octanol–water partition coefficient (Wildman–Crippen LogP) is 1.78. The van der Waals surface area contributed by atoms with Crippen molar-refractivity contribution in [2.45, 2.75) is 32.9 Å². The van der Waals surface area contributed by atoms with Crippen LogP contribution in [-0.4, -0.2) is 57.5 Å². The molecule has 1 aliphatic heterocycles. The largest absolute Gasteiger partial charge is 0.343 e. The SMILES string of the molecule is Cc1csc(N2CCN([C@H](C)C(=O)Nc3ncccn3)C[C@@H]2C)n1. The Morgan fingerprint density at radius 1 is 1.38 bits per heavy atom. The number of aryl methyl sites for hydroxylation is 1. The highest BCUT2D eigenvalue weighted by atomic mass is 32.1. The third-order valence-corrected chi connectivity index (χ3v) is 5.24. The van der Waals surface area contributed by atoms with Gasteiger partial charge in [0, 0.05) is 43.4 Å². The molecular formula is C16H22N6OS. The van der Waals surface area contributed by atoms with Crippen LogP contribution in [0.2, 0.25) is 0 Å². The second-order valence-corrected chi connectivity index (χ2v) is 6.88. The summed E-state index contributed by atoms with van der Waals surface area (Å²) in [5.74, 6) is 0.270. The second-order valence-electron chi connectivity index (χ2n) is 6.05. The Labute approximate surface area is 145 Å². The molecule has 128 valence electrons. The van der Waals surface area contributed by atoms with E-state index in [1.165, 1.54) is 0 Å². The molecule has 0 unspecified atom stereocenters. The van der Waals surface area contributed by atoms with Gasteiger partial charge in [0.25, 0.3) is 0 Å². The van der Waals surface area contributed by atoms with Gasteiger partial charge in [0.1, 0.15) is 0 Å². The first-order valence-corrected chi connectivity index (χ1v) is 8.93. The van der Waals surface area contributed by atoms with E-state index in [4.69, 9.17) is 0 Å². The van der Waals surface area contributed by atoms with Crippen molar-refractivity contribution in [3.05, 3.63) is 29.5 Å². The molecular weight excluding hydrogens is 324 g/mol. The molecule has 2 atom stereocenters. The number of nitrogens with zero attached hydrogens (tertiary/aromatic N) is 5. The van der Waals surface area contributed by atoms with Gasteiger partial charge in [0.05, 0.1) is 11.7 Å². The quantitative estimate of drug-likeness (QED) is 0.910. The lowest BCUT2D eigenvalue weighted by molar-refractivity contribution is -0.121. The fraction of sp³-hybridized carbons (Fsp3) is 0.500. The first kappa shape index (κ1) is 16.8. The van der Waals surface area contributed by atoms with Crippen LogP contribution in [0.25, 0.3) is 0 Å². The van der Waals surface area contributed by atoms with E-state index >= 15 is 0 Å². The molecule has 2 aromatic heterocycles. The van der Waals surface area contributed by atoms with Crippen LogP contribution in [0, 0.1) is 6.92 Å². The molecule has 24 heavy (non-hydrogen) atoms. The van der Waals surface area contributed by atoms with E-state index in [0.717, 1.165) is 30.5 Å². The van der Waals surface area contributed by atoms with Crippen molar-refractivity contribution in [1.29, 1.82) is 0 Å². The Morgan fingerprint density at radius 2 is 2.12 bits per heavy atom. The number of carbonyl (C=O) groups excluding carboxylic acids is 1. The molecule has 1 N–H and O–H groups in total. The number of aromatic nitrogens is 3. The van der Waals surface area contributed by atoms with Crippen molar-refractivity contribution in [2.75, 3.05) is 29.9 Å². The third-order valence-electron chi connectivity index (χ3n) is 4.24. The molecule has 1 saturated heterocycles. The molecule has 0 spiro atoms. The Balaban J connectivity index is 1.59. The monoisotopic (exact) mass is 346 g/mol. The van der Waals surface area contributed by atoms with Crippen molar-refractivity contribution in [3.8, 4) is 0 Å². The molecule has 3 rings (SSSR count). The summed E-state index contributed by atoms with van der Waals surface area (Å²) in [6.45, 7) is 8.63. The summed E-state index contributed by atoms with van der Waals surface area (Å²) >= 11 is 1.68. The number of piperazine rings is 1. The van der Waals surface area contributed by atoms with Gasteiger partial charge in [-0.2, -0.15) is 0 Å². The van der Waals surface area contributed by atoms with Crippen LogP contribution in [0.5, 0.6) is 0 Å². The number of carbonyl (C=O) groups is 1. The molecule has 3 heterocycles. The lowest BCUT2D eigenvalue weighted by Crippen LogP contribution is -2.56. The minimum atomic E-state index is -0.226. The molecule has 0 saturated carbocycles. The van der Waals surface area contributed by atoms with Crippen LogP contribution in [0.15, 0.2) is 23.8 Å². The number of hydrogen-bond donors (Lipinski definition) is 1. The van der Waals surface area contributed by atoms with Crippen molar-refractivity contribution in [1.82, 2.24) is 19.9 Å². The fourth-order valence-electron chi connectivity index (χ4n) is 2.84. The number of thiazole rings is 1. The predicted molar refractivity (Wildman–Crippen MR) is 95.4 cm³/mol. The topological polar surface area (TPSA) is 74.2 Å². The molecule has 0 aliphatic carbocycles. The van der Waals surface area contributed by atoms with Crippen LogP contribution in [0.1, 0.15) is 19.5 Å². The van der Waals surface area contributed by atoms with Crippen LogP contribution in [0.4, 0.5) is 11.1 Å². The Hall–Kier alpha value is -2.06. The summed E-state index contributed by atoms with van der Waals surface area (Å²) < 4.78 is 0. The van der Waals surface area contributed by atoms with Gasteiger partial charge in [-0.3, -0.25) is 15.0 Å². The van der Waals surface area contributed by atoms with Crippen molar-refractivity contribution in [2.24, 2.45) is 0 Å². The summed E-state index contributed by atoms with van der Waals surface area (Å²) in [7, 11) is 0. The second kappa shape index (κ2) is 7.23. The van der Waals surface area contributed by atoms with E-state index in [1.807, 2.05) is 13.8 Å². The molecule has 1 aliphatic rings. The van der Waals surface area contributed by atoms with Gasteiger partial charge in [0.15, 0.2) is 5.13 Å². The minimum absolute atomic E-state index is 0.0769.